The van der Waals surface area contributed by atoms with E-state index < -0.39 is 0 Å². The molecular weight excluding hydrogens is 114 g/mol. The van der Waals surface area contributed by atoms with Crippen LogP contribution in [-0.4, -0.2) is 4.98 Å². The molecule has 0 unspecified atom stereocenters. The SMILES string of the molecule is CC#CCc1cnco1. The number of nitrogens with zero attached hydrogens (tertiary/aromatic N) is 1. The van der Waals surface area contributed by atoms with E-state index in [9.17, 15) is 0 Å². The first-order valence-corrected chi connectivity index (χ1v) is 2.70. The number of hydrogen-bond acceptors (Lipinski definition) is 2. The van der Waals surface area contributed by atoms with E-state index in [2.05, 4.69) is 16.8 Å². The van der Waals surface area contributed by atoms with E-state index in [-0.39, 0.29) is 0 Å². The monoisotopic (exact) mass is 121 g/mol. The Bertz CT molecular complexity index is 215. The maximum absolute atomic E-state index is 4.92. The normalized spacial score (nSPS) is 8.11. The maximum Gasteiger partial charge on any atom is 0.180 e. The van der Waals surface area contributed by atoms with Gasteiger partial charge in [-0.3, -0.25) is 0 Å². The van der Waals surface area contributed by atoms with Gasteiger partial charge in [0.25, 0.3) is 0 Å². The minimum absolute atomic E-state index is 0.663. The predicted molar refractivity (Wildman–Crippen MR) is 33.7 cm³/mol. The van der Waals surface area contributed by atoms with Gasteiger partial charge in [0, 0.05) is 0 Å². The van der Waals surface area contributed by atoms with Crippen LogP contribution in [0.15, 0.2) is 17.0 Å². The molecule has 0 N–H and O–H groups in total. The molecule has 0 atom stereocenters. The molecule has 0 aromatic carbocycles. The first-order valence-electron chi connectivity index (χ1n) is 2.70. The molecule has 2 nitrogen and oxygen atoms in total. The Hall–Kier alpha value is -1.23. The lowest BCUT2D eigenvalue weighted by Crippen LogP contribution is -1.72. The van der Waals surface area contributed by atoms with Gasteiger partial charge in [0.15, 0.2) is 6.39 Å². The Labute approximate surface area is 53.9 Å². The molecule has 1 rings (SSSR count). The van der Waals surface area contributed by atoms with Crippen LogP contribution in [0, 0.1) is 11.8 Å². The zero-order valence-corrected chi connectivity index (χ0v) is 5.22. The molecule has 0 fully saturated rings. The standard InChI is InChI=1S/C7H7NO/c1-2-3-4-7-5-8-6-9-7/h5-6H,4H2,1H3. The molecule has 0 radical (unpaired) electrons. The van der Waals surface area contributed by atoms with Gasteiger partial charge in [-0.1, -0.05) is 5.92 Å². The second-order valence-electron chi connectivity index (χ2n) is 1.57. The van der Waals surface area contributed by atoms with Crippen LogP contribution in [0.2, 0.25) is 0 Å². The minimum Gasteiger partial charge on any atom is -0.448 e. The second-order valence-corrected chi connectivity index (χ2v) is 1.57. The molecule has 2 heteroatoms. The zero-order valence-electron chi connectivity index (χ0n) is 5.22. The molecule has 1 heterocycles. The van der Waals surface area contributed by atoms with Crippen LogP contribution < -0.4 is 0 Å². The number of hydrogen-bond donors (Lipinski definition) is 0. The smallest absolute Gasteiger partial charge is 0.180 e. The Morgan fingerprint density at radius 1 is 1.78 bits per heavy atom. The van der Waals surface area contributed by atoms with Crippen LogP contribution in [-0.2, 0) is 6.42 Å². The molecule has 0 bridgehead atoms. The maximum atomic E-state index is 4.92. The van der Waals surface area contributed by atoms with Gasteiger partial charge < -0.3 is 4.42 Å². The Balaban J connectivity index is 2.54. The van der Waals surface area contributed by atoms with E-state index in [0.717, 1.165) is 5.76 Å². The summed E-state index contributed by atoms with van der Waals surface area (Å²) in [4.78, 5) is 3.74. The van der Waals surface area contributed by atoms with Gasteiger partial charge in [0.1, 0.15) is 5.76 Å². The summed E-state index contributed by atoms with van der Waals surface area (Å²) in [6.45, 7) is 1.80. The van der Waals surface area contributed by atoms with Crippen molar-refractivity contribution >= 4 is 0 Å². The van der Waals surface area contributed by atoms with Crippen molar-refractivity contribution in [2.75, 3.05) is 0 Å². The quantitative estimate of drug-likeness (QED) is 0.522. The predicted octanol–water partition coefficient (Wildman–Crippen LogP) is 1.24. The van der Waals surface area contributed by atoms with Crippen molar-refractivity contribution in [2.45, 2.75) is 13.3 Å². The largest absolute Gasteiger partial charge is 0.448 e. The Kier molecular flexibility index (Phi) is 1.92. The van der Waals surface area contributed by atoms with E-state index in [4.69, 9.17) is 4.42 Å². The van der Waals surface area contributed by atoms with Crippen molar-refractivity contribution in [3.63, 3.8) is 0 Å². The van der Waals surface area contributed by atoms with Gasteiger partial charge in [-0.2, -0.15) is 0 Å². The van der Waals surface area contributed by atoms with Gasteiger partial charge >= 0.3 is 0 Å². The van der Waals surface area contributed by atoms with Crippen molar-refractivity contribution < 1.29 is 4.42 Å². The van der Waals surface area contributed by atoms with Crippen molar-refractivity contribution in [3.05, 3.63) is 18.4 Å². The highest BCUT2D eigenvalue weighted by Crippen LogP contribution is 1.94. The molecule has 0 saturated heterocycles. The highest BCUT2D eigenvalue weighted by atomic mass is 16.3. The molecule has 0 spiro atoms. The third-order valence-electron chi connectivity index (χ3n) is 0.923. The number of aromatic nitrogens is 1. The van der Waals surface area contributed by atoms with Crippen LogP contribution in [0.5, 0.6) is 0 Å². The fraction of sp³-hybridized carbons (Fsp3) is 0.286. The first kappa shape index (κ1) is 5.90. The summed E-state index contributed by atoms with van der Waals surface area (Å²) in [5, 5.41) is 0. The molecule has 0 aliphatic carbocycles. The van der Waals surface area contributed by atoms with E-state index in [1.807, 2.05) is 0 Å². The number of rotatable bonds is 1. The molecule has 0 aliphatic rings. The summed E-state index contributed by atoms with van der Waals surface area (Å²) in [5.74, 6) is 6.46. The summed E-state index contributed by atoms with van der Waals surface area (Å²) in [6.07, 6.45) is 3.74. The average molecular weight is 121 g/mol. The lowest BCUT2D eigenvalue weighted by Gasteiger charge is -1.78. The molecule has 46 valence electrons. The van der Waals surface area contributed by atoms with Crippen LogP contribution in [0.3, 0.4) is 0 Å². The minimum atomic E-state index is 0.663. The second kappa shape index (κ2) is 2.93. The summed E-state index contributed by atoms with van der Waals surface area (Å²) >= 11 is 0. The fourth-order valence-electron chi connectivity index (χ4n) is 0.505. The van der Waals surface area contributed by atoms with E-state index in [1.165, 1.54) is 6.39 Å². The lowest BCUT2D eigenvalue weighted by molar-refractivity contribution is 0.518. The van der Waals surface area contributed by atoms with E-state index in [1.54, 1.807) is 13.1 Å². The van der Waals surface area contributed by atoms with Gasteiger partial charge in [-0.15, -0.1) is 5.92 Å². The third-order valence-corrected chi connectivity index (χ3v) is 0.923. The highest BCUT2D eigenvalue weighted by Gasteiger charge is 1.88. The fourth-order valence-corrected chi connectivity index (χ4v) is 0.505. The van der Waals surface area contributed by atoms with Gasteiger partial charge in [0.2, 0.25) is 0 Å². The van der Waals surface area contributed by atoms with E-state index in [0.29, 0.717) is 6.42 Å². The first-order chi connectivity index (χ1) is 4.43. The van der Waals surface area contributed by atoms with Gasteiger partial charge in [-0.05, 0) is 6.92 Å². The molecule has 1 aromatic heterocycles. The van der Waals surface area contributed by atoms with Crippen LogP contribution in [0.4, 0.5) is 0 Å². The third kappa shape index (κ3) is 1.61. The number of oxazole rings is 1. The van der Waals surface area contributed by atoms with Crippen molar-refractivity contribution in [1.29, 1.82) is 0 Å². The average Bonchev–Trinajstić information content (AvgIpc) is 2.34. The molecule has 0 amide bonds. The molecule has 0 saturated carbocycles. The van der Waals surface area contributed by atoms with E-state index >= 15 is 0 Å². The summed E-state index contributed by atoms with van der Waals surface area (Å²) < 4.78 is 4.92. The molecule has 0 aliphatic heterocycles. The van der Waals surface area contributed by atoms with Crippen molar-refractivity contribution in [3.8, 4) is 11.8 Å². The van der Waals surface area contributed by atoms with Crippen molar-refractivity contribution in [2.24, 2.45) is 0 Å². The van der Waals surface area contributed by atoms with Gasteiger partial charge in [0.05, 0.1) is 12.6 Å². The van der Waals surface area contributed by atoms with Crippen molar-refractivity contribution in [1.82, 2.24) is 4.98 Å². The highest BCUT2D eigenvalue weighted by molar-refractivity contribution is 5.05. The van der Waals surface area contributed by atoms with Crippen LogP contribution >= 0.6 is 0 Å². The van der Waals surface area contributed by atoms with Gasteiger partial charge in [-0.25, -0.2) is 4.98 Å². The molecule has 1 aromatic rings. The Morgan fingerprint density at radius 3 is 3.22 bits per heavy atom. The topological polar surface area (TPSA) is 26.0 Å². The lowest BCUT2D eigenvalue weighted by atomic mass is 10.4. The van der Waals surface area contributed by atoms with Crippen LogP contribution in [0.25, 0.3) is 0 Å². The molecular formula is C7H7NO. The summed E-state index contributed by atoms with van der Waals surface area (Å²) in [6, 6.07) is 0. The van der Waals surface area contributed by atoms with Crippen LogP contribution in [0.1, 0.15) is 12.7 Å². The zero-order chi connectivity index (χ0) is 6.53. The summed E-state index contributed by atoms with van der Waals surface area (Å²) in [7, 11) is 0. The molecule has 9 heavy (non-hydrogen) atoms. The summed E-state index contributed by atoms with van der Waals surface area (Å²) in [5.41, 5.74) is 0. The Morgan fingerprint density at radius 2 is 2.67 bits per heavy atom.